The molecule has 0 spiro atoms. The number of aliphatic hydroxyl groups is 1. The molecule has 0 radical (unpaired) electrons. The Bertz CT molecular complexity index is 946. The summed E-state index contributed by atoms with van der Waals surface area (Å²) < 4.78 is 0. The summed E-state index contributed by atoms with van der Waals surface area (Å²) in [5.74, 6) is -0.252. The van der Waals surface area contributed by atoms with E-state index in [1.807, 2.05) is 6.92 Å². The number of allylic oxidation sites excluding steroid dienone is 2. The summed E-state index contributed by atoms with van der Waals surface area (Å²) in [6.45, 7) is 14.3. The number of aliphatic hydroxyl groups excluding tert-OH is 1. The van der Waals surface area contributed by atoms with Gasteiger partial charge in [-0.05, 0) is 80.5 Å². The van der Waals surface area contributed by atoms with Crippen molar-refractivity contribution >= 4 is 17.5 Å². The maximum atomic E-state index is 13.8. The van der Waals surface area contributed by atoms with E-state index in [2.05, 4.69) is 27.4 Å². The van der Waals surface area contributed by atoms with Crippen molar-refractivity contribution in [2.45, 2.75) is 92.1 Å². The van der Waals surface area contributed by atoms with Gasteiger partial charge in [0.25, 0.3) is 0 Å². The molecule has 188 valence electrons. The predicted molar refractivity (Wildman–Crippen MR) is 131 cm³/mol. The molecule has 9 atom stereocenters. The van der Waals surface area contributed by atoms with Gasteiger partial charge < -0.3 is 10.2 Å². The third-order valence-electron chi connectivity index (χ3n) is 10.7. The summed E-state index contributed by atoms with van der Waals surface area (Å²) >= 11 is 0. The second-order valence-electron chi connectivity index (χ2n) is 12.5. The maximum Gasteiger partial charge on any atom is 0.310 e. The lowest BCUT2D eigenvalue weighted by Gasteiger charge is -2.55. The summed E-state index contributed by atoms with van der Waals surface area (Å²) in [4.78, 5) is 38.7. The lowest BCUT2D eigenvalue weighted by molar-refractivity contribution is -0.140. The van der Waals surface area contributed by atoms with E-state index >= 15 is 0 Å². The molecule has 2 fully saturated rings. The van der Waals surface area contributed by atoms with Crippen LogP contribution in [-0.4, -0.2) is 33.9 Å². The highest BCUT2D eigenvalue weighted by Crippen LogP contribution is 2.65. The minimum absolute atomic E-state index is 0.0236. The largest absolute Gasteiger partial charge is 0.481 e. The average molecular weight is 471 g/mol. The molecule has 0 unspecified atom stereocenters. The van der Waals surface area contributed by atoms with Crippen LogP contribution in [-0.2, 0) is 14.4 Å². The molecule has 2 saturated carbocycles. The Kier molecular flexibility index (Phi) is 6.50. The van der Waals surface area contributed by atoms with Gasteiger partial charge in [-0.1, -0.05) is 39.8 Å². The second kappa shape index (κ2) is 8.72. The summed E-state index contributed by atoms with van der Waals surface area (Å²) in [6.07, 6.45) is 5.46. The molecule has 0 saturated heterocycles. The summed E-state index contributed by atoms with van der Waals surface area (Å²) in [6, 6.07) is 0. The molecular formula is C29H42O5. The summed E-state index contributed by atoms with van der Waals surface area (Å²) in [5, 5.41) is 19.7. The molecule has 4 rings (SSSR count). The van der Waals surface area contributed by atoms with Crippen LogP contribution in [0, 0.1) is 46.3 Å². The van der Waals surface area contributed by atoms with Crippen LogP contribution in [0.25, 0.3) is 0 Å². The minimum atomic E-state index is -0.838. The van der Waals surface area contributed by atoms with E-state index in [4.69, 9.17) is 0 Å². The first-order valence-corrected chi connectivity index (χ1v) is 13.2. The van der Waals surface area contributed by atoms with Crippen molar-refractivity contribution in [3.8, 4) is 0 Å². The number of carboxylic acids is 1. The van der Waals surface area contributed by atoms with Gasteiger partial charge in [0, 0.05) is 29.4 Å². The number of Topliss-reactive ketones (excluding diaryl/α,β-unsaturated/α-hetero) is 2. The normalized spacial score (nSPS) is 41.4. The molecule has 4 aliphatic rings. The van der Waals surface area contributed by atoms with Gasteiger partial charge in [-0.15, -0.1) is 0 Å². The molecule has 0 aromatic rings. The van der Waals surface area contributed by atoms with Gasteiger partial charge >= 0.3 is 5.97 Å². The molecule has 0 aromatic heterocycles. The first-order valence-electron chi connectivity index (χ1n) is 13.2. The van der Waals surface area contributed by atoms with E-state index in [1.54, 1.807) is 6.92 Å². The quantitative estimate of drug-likeness (QED) is 0.509. The number of hydrogen-bond acceptors (Lipinski definition) is 4. The zero-order valence-electron chi connectivity index (χ0n) is 21.5. The predicted octanol–water partition coefficient (Wildman–Crippen LogP) is 5.37. The maximum absolute atomic E-state index is 13.8. The molecule has 5 nitrogen and oxygen atoms in total. The van der Waals surface area contributed by atoms with Crippen LogP contribution in [0.5, 0.6) is 0 Å². The van der Waals surface area contributed by atoms with Crippen LogP contribution in [0.4, 0.5) is 0 Å². The number of ketones is 2. The van der Waals surface area contributed by atoms with Crippen molar-refractivity contribution in [2.75, 3.05) is 0 Å². The minimum Gasteiger partial charge on any atom is -0.481 e. The van der Waals surface area contributed by atoms with Crippen LogP contribution in [0.2, 0.25) is 0 Å². The number of rotatable bonds is 6. The lowest BCUT2D eigenvalue weighted by Crippen LogP contribution is -2.53. The number of hydrogen-bond donors (Lipinski definition) is 2. The first-order chi connectivity index (χ1) is 15.8. The van der Waals surface area contributed by atoms with Crippen molar-refractivity contribution < 1.29 is 24.6 Å². The van der Waals surface area contributed by atoms with E-state index in [0.717, 1.165) is 42.4 Å². The molecule has 0 aliphatic heterocycles. The van der Waals surface area contributed by atoms with Crippen LogP contribution in [0.15, 0.2) is 23.3 Å². The Morgan fingerprint density at radius 3 is 2.47 bits per heavy atom. The SMILES string of the molecule is C=C(CC[C@@H](C)[C@@H]1CC[C@@H]2C3=C(C(=O)C[C@@]21C)[C@@]1(C)CC[C@@H](O)[C@@H](C)[C@H]1CC3=O)[C@@H](C)C(=O)O. The van der Waals surface area contributed by atoms with E-state index in [9.17, 15) is 24.6 Å². The molecule has 34 heavy (non-hydrogen) atoms. The Morgan fingerprint density at radius 1 is 1.15 bits per heavy atom. The number of fused-ring (bicyclic) bond motifs is 4. The highest BCUT2D eigenvalue weighted by atomic mass is 16.4. The van der Waals surface area contributed by atoms with Crippen molar-refractivity contribution in [3.05, 3.63) is 23.3 Å². The Morgan fingerprint density at radius 2 is 1.82 bits per heavy atom. The monoisotopic (exact) mass is 470 g/mol. The number of carbonyl (C=O) groups excluding carboxylic acids is 2. The second-order valence-corrected chi connectivity index (χ2v) is 12.5. The number of aliphatic carboxylic acids is 1. The van der Waals surface area contributed by atoms with E-state index in [-0.39, 0.29) is 40.2 Å². The van der Waals surface area contributed by atoms with Gasteiger partial charge in [0.15, 0.2) is 11.6 Å². The first kappa shape index (κ1) is 25.3. The fourth-order valence-corrected chi connectivity index (χ4v) is 8.43. The van der Waals surface area contributed by atoms with Gasteiger partial charge in [0.2, 0.25) is 0 Å². The molecule has 4 aliphatic carbocycles. The Balaban J connectivity index is 1.61. The van der Waals surface area contributed by atoms with Crippen LogP contribution in [0.3, 0.4) is 0 Å². The zero-order chi connectivity index (χ0) is 25.2. The zero-order valence-corrected chi connectivity index (χ0v) is 21.5. The van der Waals surface area contributed by atoms with Crippen LogP contribution < -0.4 is 0 Å². The smallest absolute Gasteiger partial charge is 0.310 e. The summed E-state index contributed by atoms with van der Waals surface area (Å²) in [5.41, 5.74) is 1.85. The Hall–Kier alpha value is -1.75. The van der Waals surface area contributed by atoms with Crippen molar-refractivity contribution in [3.63, 3.8) is 0 Å². The topological polar surface area (TPSA) is 91.7 Å². The highest BCUT2D eigenvalue weighted by Gasteiger charge is 2.61. The van der Waals surface area contributed by atoms with Crippen molar-refractivity contribution in [1.29, 1.82) is 0 Å². The van der Waals surface area contributed by atoms with E-state index < -0.39 is 18.0 Å². The molecule has 5 heteroatoms. The van der Waals surface area contributed by atoms with Gasteiger partial charge in [-0.2, -0.15) is 0 Å². The van der Waals surface area contributed by atoms with Crippen molar-refractivity contribution in [2.24, 2.45) is 46.3 Å². The molecule has 0 aromatic carbocycles. The van der Waals surface area contributed by atoms with Crippen molar-refractivity contribution in [1.82, 2.24) is 0 Å². The third kappa shape index (κ3) is 3.73. The molecule has 0 bridgehead atoms. The lowest BCUT2D eigenvalue weighted by atomic mass is 9.48. The average Bonchev–Trinajstić information content (AvgIpc) is 3.11. The molecule has 0 amide bonds. The fourth-order valence-electron chi connectivity index (χ4n) is 8.43. The van der Waals surface area contributed by atoms with E-state index in [0.29, 0.717) is 37.5 Å². The number of carboxylic acid groups (broad SMARTS) is 1. The molecular weight excluding hydrogens is 428 g/mol. The summed E-state index contributed by atoms with van der Waals surface area (Å²) in [7, 11) is 0. The van der Waals surface area contributed by atoms with Crippen LogP contribution in [0.1, 0.15) is 86.0 Å². The van der Waals surface area contributed by atoms with E-state index in [1.165, 1.54) is 0 Å². The van der Waals surface area contributed by atoms with Gasteiger partial charge in [0.05, 0.1) is 12.0 Å². The number of carbonyl (C=O) groups is 3. The van der Waals surface area contributed by atoms with Gasteiger partial charge in [-0.25, -0.2) is 0 Å². The molecule has 2 N–H and O–H groups in total. The standard InChI is InChI=1S/C29H42O5/c1-15(17(3)27(33)34)7-8-16(2)19-9-10-20-25-23(31)13-21-18(4)22(30)11-12-28(21,5)26(25)24(32)14-29(19,20)6/h16-22,30H,1,7-14H2,2-6H3,(H,33,34)/t16-,17-,18+,19+,20-,21-,22-,28+,29-/m1/s1. The Labute approximate surface area is 204 Å². The van der Waals surface area contributed by atoms with Gasteiger partial charge in [-0.3, -0.25) is 14.4 Å². The molecule has 0 heterocycles. The highest BCUT2D eigenvalue weighted by molar-refractivity contribution is 6.10. The third-order valence-corrected chi connectivity index (χ3v) is 10.7. The van der Waals surface area contributed by atoms with Crippen LogP contribution >= 0.6 is 0 Å². The fraction of sp³-hybridized carbons (Fsp3) is 0.759. The van der Waals surface area contributed by atoms with Gasteiger partial charge in [0.1, 0.15) is 0 Å².